The van der Waals surface area contributed by atoms with Crippen molar-refractivity contribution in [2.24, 2.45) is 0 Å². The van der Waals surface area contributed by atoms with E-state index in [-0.39, 0.29) is 17.2 Å². The van der Waals surface area contributed by atoms with Crippen LogP contribution in [0.5, 0.6) is 5.75 Å². The average Bonchev–Trinajstić information content (AvgIpc) is 2.86. The molecular weight excluding hydrogens is 482 g/mol. The van der Waals surface area contributed by atoms with Gasteiger partial charge in [0.05, 0.1) is 18.0 Å². The van der Waals surface area contributed by atoms with Crippen LogP contribution in [0.3, 0.4) is 0 Å². The van der Waals surface area contributed by atoms with Crippen molar-refractivity contribution in [1.29, 1.82) is 0 Å². The number of anilines is 1. The van der Waals surface area contributed by atoms with Crippen LogP contribution in [0.2, 0.25) is 0 Å². The minimum Gasteiger partial charge on any atom is -0.506 e. The summed E-state index contributed by atoms with van der Waals surface area (Å²) in [4.78, 5) is 36.9. The van der Waals surface area contributed by atoms with Gasteiger partial charge in [0.1, 0.15) is 5.75 Å². The van der Waals surface area contributed by atoms with E-state index in [4.69, 9.17) is 0 Å². The van der Waals surface area contributed by atoms with Crippen LogP contribution in [0.1, 0.15) is 31.8 Å². The molecule has 3 heterocycles. The van der Waals surface area contributed by atoms with Gasteiger partial charge in [0.2, 0.25) is 10.0 Å². The zero-order valence-corrected chi connectivity index (χ0v) is 20.2. The van der Waals surface area contributed by atoms with Gasteiger partial charge in [-0.2, -0.15) is 0 Å². The number of carbonyl (C=O) groups is 2. The third-order valence-electron chi connectivity index (χ3n) is 5.40. The monoisotopic (exact) mass is 505 g/mol. The minimum absolute atomic E-state index is 0.0244. The fraction of sp³-hybridized carbons (Fsp3) is 0.200. The highest BCUT2D eigenvalue weighted by Gasteiger charge is 2.23. The molecule has 0 radical (unpaired) electrons. The first-order valence-electron chi connectivity index (χ1n) is 11.0. The van der Waals surface area contributed by atoms with E-state index in [0.29, 0.717) is 42.9 Å². The Labute approximate surface area is 208 Å². The van der Waals surface area contributed by atoms with Crippen molar-refractivity contribution in [3.63, 3.8) is 0 Å². The van der Waals surface area contributed by atoms with E-state index in [2.05, 4.69) is 26.7 Å². The molecule has 1 aliphatic heterocycles. The minimum atomic E-state index is -3.63. The number of pyridine rings is 2. The number of benzene rings is 1. The fourth-order valence-electron chi connectivity index (χ4n) is 3.67. The largest absolute Gasteiger partial charge is 0.506 e. The zero-order valence-electron chi connectivity index (χ0n) is 19.4. The molecule has 1 aliphatic rings. The lowest BCUT2D eigenvalue weighted by atomic mass is 10.1. The summed E-state index contributed by atoms with van der Waals surface area (Å²) in [7, 11) is -3.63. The number of aromatic hydroxyl groups is 1. The molecule has 0 unspecified atom stereocenters. The summed E-state index contributed by atoms with van der Waals surface area (Å²) in [5.41, 5.74) is 2.67. The topological polar surface area (TPSA) is 133 Å². The van der Waals surface area contributed by atoms with Crippen LogP contribution >= 0.6 is 0 Å². The van der Waals surface area contributed by atoms with Crippen molar-refractivity contribution < 1.29 is 23.1 Å². The van der Waals surface area contributed by atoms with Crippen molar-refractivity contribution in [3.8, 4) is 17.6 Å². The number of rotatable bonds is 4. The van der Waals surface area contributed by atoms with Gasteiger partial charge in [-0.3, -0.25) is 19.6 Å². The number of hydrogen-bond donors (Lipinski definition) is 2. The van der Waals surface area contributed by atoms with E-state index < -0.39 is 15.9 Å². The number of hydrogen-bond acceptors (Lipinski definition) is 8. The second-order valence-corrected chi connectivity index (χ2v) is 9.92. The van der Waals surface area contributed by atoms with Crippen molar-refractivity contribution >= 4 is 27.5 Å². The van der Waals surface area contributed by atoms with Gasteiger partial charge in [-0.1, -0.05) is 11.8 Å². The van der Waals surface area contributed by atoms with Gasteiger partial charge in [0.25, 0.3) is 11.8 Å². The Bertz CT molecular complexity index is 1450. The normalized spacial score (nSPS) is 13.5. The highest BCUT2D eigenvalue weighted by Crippen LogP contribution is 2.19. The average molecular weight is 506 g/mol. The predicted octanol–water partition coefficient (Wildman–Crippen LogP) is 1.23. The molecule has 0 spiro atoms. The van der Waals surface area contributed by atoms with Gasteiger partial charge in [0, 0.05) is 67.1 Å². The summed E-state index contributed by atoms with van der Waals surface area (Å²) in [5, 5.41) is 9.50. The maximum absolute atomic E-state index is 13.0. The molecule has 2 aromatic heterocycles. The third-order valence-corrected chi connectivity index (χ3v) is 5.96. The van der Waals surface area contributed by atoms with Gasteiger partial charge in [-0.15, -0.1) is 0 Å². The molecule has 2 N–H and O–H groups in total. The predicted molar refractivity (Wildman–Crippen MR) is 133 cm³/mol. The number of nitrogens with one attached hydrogen (secondary N) is 1. The Morgan fingerprint density at radius 3 is 2.11 bits per heavy atom. The van der Waals surface area contributed by atoms with E-state index in [1.807, 2.05) is 4.72 Å². The maximum atomic E-state index is 13.0. The van der Waals surface area contributed by atoms with E-state index in [0.717, 1.165) is 11.9 Å². The van der Waals surface area contributed by atoms with Gasteiger partial charge < -0.3 is 14.9 Å². The molecule has 1 aromatic carbocycles. The molecular formula is C25H23N5O5S. The zero-order chi connectivity index (χ0) is 25.7. The molecule has 0 saturated carbocycles. The van der Waals surface area contributed by atoms with Crippen molar-refractivity contribution in [2.75, 3.05) is 37.3 Å². The van der Waals surface area contributed by atoms with E-state index in [9.17, 15) is 23.1 Å². The molecule has 0 aliphatic carbocycles. The first kappa shape index (κ1) is 24.7. The highest BCUT2D eigenvalue weighted by atomic mass is 32.2. The van der Waals surface area contributed by atoms with Crippen molar-refractivity contribution in [1.82, 2.24) is 19.6 Å². The van der Waals surface area contributed by atoms with Crippen LogP contribution < -0.4 is 9.62 Å². The molecule has 11 heteroatoms. The summed E-state index contributed by atoms with van der Waals surface area (Å²) < 4.78 is 24.4. The van der Waals surface area contributed by atoms with Crippen LogP contribution in [0.25, 0.3) is 0 Å². The quantitative estimate of drug-likeness (QED) is 0.506. The summed E-state index contributed by atoms with van der Waals surface area (Å²) in [6, 6.07) is 9.83. The first-order valence-corrected chi connectivity index (χ1v) is 12.8. The number of nitrogens with zero attached hydrogens (tertiary/aromatic N) is 4. The van der Waals surface area contributed by atoms with Gasteiger partial charge >= 0.3 is 0 Å². The van der Waals surface area contributed by atoms with E-state index in [1.54, 1.807) is 41.4 Å². The Balaban J connectivity index is 1.37. The number of carbonyl (C=O) groups excluding carboxylic acids is 2. The van der Waals surface area contributed by atoms with Crippen LogP contribution in [0, 0.1) is 11.8 Å². The van der Waals surface area contributed by atoms with Crippen LogP contribution in [-0.2, 0) is 10.0 Å². The van der Waals surface area contributed by atoms with Crippen molar-refractivity contribution in [2.45, 2.75) is 0 Å². The molecule has 4 rings (SSSR count). The summed E-state index contributed by atoms with van der Waals surface area (Å²) in [5.74, 6) is 5.03. The number of aromatic nitrogens is 2. The first-order chi connectivity index (χ1) is 17.2. The second kappa shape index (κ2) is 10.5. The number of piperazine rings is 1. The lowest BCUT2D eigenvalue weighted by Gasteiger charge is -2.36. The molecule has 10 nitrogen and oxygen atoms in total. The van der Waals surface area contributed by atoms with Crippen LogP contribution in [0.4, 0.5) is 5.69 Å². The van der Waals surface area contributed by atoms with Crippen LogP contribution in [0.15, 0.2) is 61.2 Å². The third kappa shape index (κ3) is 6.37. The van der Waals surface area contributed by atoms with Gasteiger partial charge in [0.15, 0.2) is 0 Å². The summed E-state index contributed by atoms with van der Waals surface area (Å²) >= 11 is 0. The molecule has 1 saturated heterocycles. The lowest BCUT2D eigenvalue weighted by Crippen LogP contribution is -2.48. The molecule has 184 valence electrons. The van der Waals surface area contributed by atoms with Gasteiger partial charge in [-0.05, 0) is 36.4 Å². The molecule has 2 amide bonds. The van der Waals surface area contributed by atoms with E-state index in [1.165, 1.54) is 24.7 Å². The maximum Gasteiger partial charge on any atom is 0.264 e. The Hall–Kier alpha value is -4.43. The van der Waals surface area contributed by atoms with Crippen LogP contribution in [-0.4, -0.2) is 72.6 Å². The molecule has 0 atom stereocenters. The van der Waals surface area contributed by atoms with E-state index >= 15 is 0 Å². The SMILES string of the molecule is CS(=O)(=O)NC(=O)c1ccc(N2CCN(C(=O)c3cncc(C#Cc4cncc(O)c4)c3)CC2)cc1. The fourth-order valence-corrected chi connectivity index (χ4v) is 4.12. The summed E-state index contributed by atoms with van der Waals surface area (Å²) in [6.07, 6.45) is 6.86. The second-order valence-electron chi connectivity index (χ2n) is 8.17. The van der Waals surface area contributed by atoms with Crippen molar-refractivity contribution in [3.05, 3.63) is 83.4 Å². The standard InChI is InChI=1S/C25H23N5O5S/c1-36(34,35)28-24(32)20-4-6-22(7-5-20)29-8-10-30(11-9-29)25(33)21-12-18(14-26-16-21)2-3-19-13-23(31)17-27-15-19/h4-7,12-17,31H,8-11H2,1H3,(H,28,32). The summed E-state index contributed by atoms with van der Waals surface area (Å²) in [6.45, 7) is 2.19. The Kier molecular flexibility index (Phi) is 7.17. The highest BCUT2D eigenvalue weighted by molar-refractivity contribution is 7.89. The molecule has 3 aromatic rings. The lowest BCUT2D eigenvalue weighted by molar-refractivity contribution is 0.0746. The number of amides is 2. The van der Waals surface area contributed by atoms with Gasteiger partial charge in [-0.25, -0.2) is 13.1 Å². The molecule has 0 bridgehead atoms. The number of sulfonamides is 1. The molecule has 36 heavy (non-hydrogen) atoms. The Morgan fingerprint density at radius 1 is 0.889 bits per heavy atom. The molecule has 1 fully saturated rings. The Morgan fingerprint density at radius 2 is 1.50 bits per heavy atom. The smallest absolute Gasteiger partial charge is 0.264 e.